The maximum Gasteiger partial charge on any atom is 0.256 e. The highest BCUT2D eigenvalue weighted by Gasteiger charge is 2.06. The van der Waals surface area contributed by atoms with E-state index in [1.54, 1.807) is 18.3 Å². The zero-order valence-corrected chi connectivity index (χ0v) is 14.4. The van der Waals surface area contributed by atoms with E-state index >= 15 is 0 Å². The molecule has 126 valence electrons. The Morgan fingerprint density at radius 2 is 1.72 bits per heavy atom. The van der Waals surface area contributed by atoms with E-state index in [0.29, 0.717) is 11.4 Å². The fourth-order valence-electron chi connectivity index (χ4n) is 2.57. The number of benzene rings is 2. The molecule has 0 spiro atoms. The molecule has 0 fully saturated rings. The largest absolute Gasteiger partial charge is 0.380 e. The average Bonchev–Trinajstić information content (AvgIpc) is 2.61. The van der Waals surface area contributed by atoms with Crippen LogP contribution in [0.1, 0.15) is 27.0 Å². The maximum atomic E-state index is 12.2. The zero-order valence-electron chi connectivity index (χ0n) is 14.4. The molecular formula is C21H21N3O. The lowest BCUT2D eigenvalue weighted by Gasteiger charge is -2.09. The van der Waals surface area contributed by atoms with Crippen LogP contribution in [0.5, 0.6) is 0 Å². The first-order valence-corrected chi connectivity index (χ1v) is 8.24. The van der Waals surface area contributed by atoms with Crippen LogP contribution >= 0.6 is 0 Å². The minimum absolute atomic E-state index is 0.156. The van der Waals surface area contributed by atoms with Crippen LogP contribution in [0.25, 0.3) is 0 Å². The molecule has 0 saturated carbocycles. The molecule has 1 aromatic heterocycles. The Hall–Kier alpha value is -3.14. The predicted molar refractivity (Wildman–Crippen MR) is 102 cm³/mol. The van der Waals surface area contributed by atoms with Gasteiger partial charge in [-0.25, -0.2) is 4.98 Å². The van der Waals surface area contributed by atoms with E-state index in [2.05, 4.69) is 46.8 Å². The fraction of sp³-hybridized carbons (Fsp3) is 0.143. The lowest BCUT2D eigenvalue weighted by molar-refractivity contribution is 0.102. The second kappa shape index (κ2) is 7.62. The van der Waals surface area contributed by atoms with Gasteiger partial charge in [-0.1, -0.05) is 47.5 Å². The zero-order chi connectivity index (χ0) is 17.6. The topological polar surface area (TPSA) is 54.0 Å². The first kappa shape index (κ1) is 16.7. The third kappa shape index (κ3) is 4.67. The van der Waals surface area contributed by atoms with Gasteiger partial charge in [0.1, 0.15) is 5.82 Å². The van der Waals surface area contributed by atoms with Gasteiger partial charge in [0.2, 0.25) is 0 Å². The van der Waals surface area contributed by atoms with E-state index in [1.165, 1.54) is 11.1 Å². The first-order valence-electron chi connectivity index (χ1n) is 8.24. The summed E-state index contributed by atoms with van der Waals surface area (Å²) in [6.07, 6.45) is 1.72. The van der Waals surface area contributed by atoms with Gasteiger partial charge in [0.15, 0.2) is 0 Å². The van der Waals surface area contributed by atoms with Gasteiger partial charge in [0.25, 0.3) is 5.91 Å². The van der Waals surface area contributed by atoms with Gasteiger partial charge in [-0.05, 0) is 43.7 Å². The SMILES string of the molecule is Cc1cccc(CNc2ccc(NC(=O)c3cccc(C)c3)nc2)c1. The van der Waals surface area contributed by atoms with Crippen LogP contribution in [-0.4, -0.2) is 10.9 Å². The first-order chi connectivity index (χ1) is 12.1. The monoisotopic (exact) mass is 331 g/mol. The number of hydrogen-bond donors (Lipinski definition) is 2. The van der Waals surface area contributed by atoms with E-state index in [1.807, 2.05) is 31.2 Å². The van der Waals surface area contributed by atoms with Crippen molar-refractivity contribution in [2.75, 3.05) is 10.6 Å². The quantitative estimate of drug-likeness (QED) is 0.720. The molecule has 2 aromatic carbocycles. The summed E-state index contributed by atoms with van der Waals surface area (Å²) in [6, 6.07) is 19.6. The number of carbonyl (C=O) groups excluding carboxylic acids is 1. The van der Waals surface area contributed by atoms with E-state index in [9.17, 15) is 4.79 Å². The average molecular weight is 331 g/mol. The van der Waals surface area contributed by atoms with Crippen molar-refractivity contribution in [1.29, 1.82) is 0 Å². The molecule has 0 unspecified atom stereocenters. The summed E-state index contributed by atoms with van der Waals surface area (Å²) >= 11 is 0. The second-order valence-corrected chi connectivity index (χ2v) is 6.10. The number of aryl methyl sites for hydroxylation is 2. The van der Waals surface area contributed by atoms with Crippen LogP contribution in [0.15, 0.2) is 66.9 Å². The van der Waals surface area contributed by atoms with Gasteiger partial charge >= 0.3 is 0 Å². The van der Waals surface area contributed by atoms with Crippen molar-refractivity contribution < 1.29 is 4.79 Å². The summed E-state index contributed by atoms with van der Waals surface area (Å²) in [5.74, 6) is 0.379. The summed E-state index contributed by atoms with van der Waals surface area (Å²) in [5, 5.41) is 6.15. The number of nitrogens with one attached hydrogen (secondary N) is 2. The standard InChI is InChI=1S/C21H21N3O/c1-15-5-3-7-17(11-15)13-22-19-9-10-20(23-14-19)24-21(25)18-8-4-6-16(2)12-18/h3-12,14,22H,13H2,1-2H3,(H,23,24,25). The molecule has 4 heteroatoms. The molecule has 1 amide bonds. The molecular weight excluding hydrogens is 310 g/mol. The molecule has 0 saturated heterocycles. The molecule has 2 N–H and O–H groups in total. The minimum atomic E-state index is -0.156. The number of amides is 1. The highest BCUT2D eigenvalue weighted by molar-refractivity contribution is 6.03. The lowest BCUT2D eigenvalue weighted by atomic mass is 10.1. The van der Waals surface area contributed by atoms with Crippen molar-refractivity contribution in [3.63, 3.8) is 0 Å². The molecule has 0 aliphatic carbocycles. The van der Waals surface area contributed by atoms with E-state index < -0.39 is 0 Å². The number of rotatable bonds is 5. The van der Waals surface area contributed by atoms with Crippen molar-refractivity contribution in [3.05, 3.63) is 89.1 Å². The van der Waals surface area contributed by atoms with Crippen LogP contribution in [0.4, 0.5) is 11.5 Å². The van der Waals surface area contributed by atoms with Crippen LogP contribution in [-0.2, 0) is 6.54 Å². The maximum absolute atomic E-state index is 12.2. The Kier molecular flexibility index (Phi) is 5.09. The molecule has 3 aromatic rings. The Morgan fingerprint density at radius 1 is 0.960 bits per heavy atom. The summed E-state index contributed by atoms with van der Waals surface area (Å²) in [5.41, 5.74) is 5.05. The van der Waals surface area contributed by atoms with Gasteiger partial charge in [0, 0.05) is 12.1 Å². The minimum Gasteiger partial charge on any atom is -0.380 e. The summed E-state index contributed by atoms with van der Waals surface area (Å²) in [7, 11) is 0. The Balaban J connectivity index is 1.59. The summed E-state index contributed by atoms with van der Waals surface area (Å²) in [4.78, 5) is 16.5. The number of carbonyl (C=O) groups is 1. The number of nitrogens with zero attached hydrogens (tertiary/aromatic N) is 1. The van der Waals surface area contributed by atoms with Crippen LogP contribution in [0, 0.1) is 13.8 Å². The van der Waals surface area contributed by atoms with Crippen molar-refractivity contribution in [2.24, 2.45) is 0 Å². The lowest BCUT2D eigenvalue weighted by Crippen LogP contribution is -2.13. The van der Waals surface area contributed by atoms with Crippen LogP contribution in [0.2, 0.25) is 0 Å². The number of aromatic nitrogens is 1. The van der Waals surface area contributed by atoms with Crippen molar-refractivity contribution >= 4 is 17.4 Å². The van der Waals surface area contributed by atoms with E-state index in [-0.39, 0.29) is 5.91 Å². The van der Waals surface area contributed by atoms with Gasteiger partial charge in [-0.3, -0.25) is 4.79 Å². The molecule has 0 aliphatic rings. The molecule has 0 aliphatic heterocycles. The van der Waals surface area contributed by atoms with Crippen molar-refractivity contribution in [3.8, 4) is 0 Å². The third-order valence-electron chi connectivity index (χ3n) is 3.86. The highest BCUT2D eigenvalue weighted by atomic mass is 16.1. The summed E-state index contributed by atoms with van der Waals surface area (Å²) in [6.45, 7) is 4.78. The Labute approximate surface area is 147 Å². The Morgan fingerprint density at radius 3 is 2.40 bits per heavy atom. The highest BCUT2D eigenvalue weighted by Crippen LogP contribution is 2.13. The molecule has 0 bridgehead atoms. The molecule has 1 heterocycles. The number of pyridine rings is 1. The number of hydrogen-bond acceptors (Lipinski definition) is 3. The van der Waals surface area contributed by atoms with Crippen molar-refractivity contribution in [1.82, 2.24) is 4.98 Å². The number of anilines is 2. The van der Waals surface area contributed by atoms with Gasteiger partial charge in [-0.15, -0.1) is 0 Å². The van der Waals surface area contributed by atoms with Gasteiger partial charge < -0.3 is 10.6 Å². The second-order valence-electron chi connectivity index (χ2n) is 6.10. The fourth-order valence-corrected chi connectivity index (χ4v) is 2.57. The summed E-state index contributed by atoms with van der Waals surface area (Å²) < 4.78 is 0. The van der Waals surface area contributed by atoms with E-state index in [4.69, 9.17) is 0 Å². The van der Waals surface area contributed by atoms with Gasteiger partial charge in [-0.2, -0.15) is 0 Å². The van der Waals surface area contributed by atoms with Crippen LogP contribution < -0.4 is 10.6 Å². The third-order valence-corrected chi connectivity index (χ3v) is 3.86. The van der Waals surface area contributed by atoms with Crippen LogP contribution in [0.3, 0.4) is 0 Å². The molecule has 0 radical (unpaired) electrons. The molecule has 3 rings (SSSR count). The predicted octanol–water partition coefficient (Wildman–Crippen LogP) is 4.56. The molecule has 4 nitrogen and oxygen atoms in total. The smallest absolute Gasteiger partial charge is 0.256 e. The Bertz CT molecular complexity index is 872. The normalized spacial score (nSPS) is 10.3. The van der Waals surface area contributed by atoms with E-state index in [0.717, 1.165) is 17.8 Å². The molecule has 0 atom stereocenters. The van der Waals surface area contributed by atoms with Crippen molar-refractivity contribution in [2.45, 2.75) is 20.4 Å². The van der Waals surface area contributed by atoms with Gasteiger partial charge in [0.05, 0.1) is 11.9 Å². The molecule has 25 heavy (non-hydrogen) atoms.